The minimum absolute atomic E-state index is 0.221. The Balaban J connectivity index is 2.14. The minimum atomic E-state index is -0.592. The number of rotatable bonds is 4. The SMILES string of the molecule is CNC(=O)COC(=O)c1csc(-c2ccc(C)cc2C)n1. The molecule has 0 saturated carbocycles. The Morgan fingerprint density at radius 2 is 2.10 bits per heavy atom. The molecule has 5 nitrogen and oxygen atoms in total. The van der Waals surface area contributed by atoms with Crippen molar-refractivity contribution in [2.45, 2.75) is 13.8 Å². The number of nitrogens with one attached hydrogen (secondary N) is 1. The topological polar surface area (TPSA) is 68.3 Å². The molecule has 1 aromatic carbocycles. The van der Waals surface area contributed by atoms with Gasteiger partial charge < -0.3 is 10.1 Å². The Labute approximate surface area is 127 Å². The van der Waals surface area contributed by atoms with Crippen molar-refractivity contribution in [1.82, 2.24) is 10.3 Å². The Hall–Kier alpha value is -2.21. The van der Waals surface area contributed by atoms with Gasteiger partial charge in [0.1, 0.15) is 5.01 Å². The van der Waals surface area contributed by atoms with Gasteiger partial charge in [0, 0.05) is 18.0 Å². The van der Waals surface area contributed by atoms with Crippen molar-refractivity contribution in [3.8, 4) is 10.6 Å². The number of likely N-dealkylation sites (N-methyl/N-ethyl adjacent to an activating group) is 1. The molecule has 6 heteroatoms. The first-order chi connectivity index (χ1) is 10.0. The number of carbonyl (C=O) groups excluding carboxylic acids is 2. The van der Waals surface area contributed by atoms with Crippen LogP contribution in [0.5, 0.6) is 0 Å². The first-order valence-electron chi connectivity index (χ1n) is 6.42. The van der Waals surface area contributed by atoms with Gasteiger partial charge in [-0.15, -0.1) is 11.3 Å². The number of amides is 1. The van der Waals surface area contributed by atoms with Crippen LogP contribution in [0.2, 0.25) is 0 Å². The van der Waals surface area contributed by atoms with Gasteiger partial charge in [0.25, 0.3) is 5.91 Å². The van der Waals surface area contributed by atoms with E-state index < -0.39 is 5.97 Å². The molecule has 110 valence electrons. The zero-order valence-corrected chi connectivity index (χ0v) is 12.9. The molecule has 1 heterocycles. The van der Waals surface area contributed by atoms with Gasteiger partial charge in [-0.3, -0.25) is 4.79 Å². The lowest BCUT2D eigenvalue weighted by molar-refractivity contribution is -0.123. The van der Waals surface area contributed by atoms with Crippen LogP contribution in [-0.2, 0) is 9.53 Å². The molecule has 0 bridgehead atoms. The van der Waals surface area contributed by atoms with E-state index in [0.29, 0.717) is 0 Å². The number of esters is 1. The van der Waals surface area contributed by atoms with E-state index >= 15 is 0 Å². The maximum absolute atomic E-state index is 11.8. The number of carbonyl (C=O) groups is 2. The van der Waals surface area contributed by atoms with E-state index in [9.17, 15) is 9.59 Å². The van der Waals surface area contributed by atoms with Gasteiger partial charge in [-0.1, -0.05) is 23.8 Å². The fourth-order valence-corrected chi connectivity index (χ4v) is 2.70. The van der Waals surface area contributed by atoms with Crippen LogP contribution in [0, 0.1) is 13.8 Å². The molecule has 0 spiro atoms. The minimum Gasteiger partial charge on any atom is -0.451 e. The standard InChI is InChI=1S/C15H16N2O3S/c1-9-4-5-11(10(2)6-9)14-17-12(8-21-14)15(19)20-7-13(18)16-3/h4-6,8H,7H2,1-3H3,(H,16,18). The highest BCUT2D eigenvalue weighted by atomic mass is 32.1. The molecule has 0 unspecified atom stereocenters. The molecular formula is C15H16N2O3S. The maximum Gasteiger partial charge on any atom is 0.358 e. The second kappa shape index (κ2) is 6.49. The lowest BCUT2D eigenvalue weighted by atomic mass is 10.1. The Morgan fingerprint density at radius 3 is 2.76 bits per heavy atom. The van der Waals surface area contributed by atoms with Gasteiger partial charge >= 0.3 is 5.97 Å². The van der Waals surface area contributed by atoms with E-state index in [1.165, 1.54) is 23.9 Å². The number of thiazole rings is 1. The summed E-state index contributed by atoms with van der Waals surface area (Å²) >= 11 is 1.38. The molecule has 0 aliphatic rings. The number of ether oxygens (including phenoxy) is 1. The van der Waals surface area contributed by atoms with Gasteiger partial charge in [0.2, 0.25) is 0 Å². The molecule has 21 heavy (non-hydrogen) atoms. The van der Waals surface area contributed by atoms with Gasteiger partial charge in [-0.05, 0) is 19.4 Å². The van der Waals surface area contributed by atoms with E-state index in [1.54, 1.807) is 5.38 Å². The van der Waals surface area contributed by atoms with Gasteiger partial charge in [-0.25, -0.2) is 9.78 Å². The summed E-state index contributed by atoms with van der Waals surface area (Å²) in [5, 5.41) is 4.78. The smallest absolute Gasteiger partial charge is 0.358 e. The number of benzene rings is 1. The van der Waals surface area contributed by atoms with Crippen molar-refractivity contribution in [2.75, 3.05) is 13.7 Å². The predicted octanol–water partition coefficient (Wildman–Crippen LogP) is 2.33. The van der Waals surface area contributed by atoms with E-state index in [1.807, 2.05) is 26.0 Å². The summed E-state index contributed by atoms with van der Waals surface area (Å²) in [7, 11) is 1.48. The van der Waals surface area contributed by atoms with Crippen molar-refractivity contribution in [3.05, 3.63) is 40.4 Å². The van der Waals surface area contributed by atoms with Crippen LogP contribution in [-0.4, -0.2) is 30.5 Å². The first-order valence-corrected chi connectivity index (χ1v) is 7.30. The molecule has 1 aromatic heterocycles. The van der Waals surface area contributed by atoms with E-state index in [0.717, 1.165) is 16.1 Å². The van der Waals surface area contributed by atoms with Gasteiger partial charge in [-0.2, -0.15) is 0 Å². The zero-order valence-electron chi connectivity index (χ0n) is 12.1. The van der Waals surface area contributed by atoms with Crippen LogP contribution in [0.3, 0.4) is 0 Å². The summed E-state index contributed by atoms with van der Waals surface area (Å²) in [6.45, 7) is 3.74. The predicted molar refractivity (Wildman–Crippen MR) is 81.4 cm³/mol. The van der Waals surface area contributed by atoms with Crippen LogP contribution in [0.15, 0.2) is 23.6 Å². The second-order valence-electron chi connectivity index (χ2n) is 4.61. The third-order valence-corrected chi connectivity index (χ3v) is 3.81. The summed E-state index contributed by atoms with van der Waals surface area (Å²) < 4.78 is 4.87. The van der Waals surface area contributed by atoms with E-state index in [2.05, 4.69) is 16.4 Å². The molecule has 0 aliphatic carbocycles. The summed E-state index contributed by atoms with van der Waals surface area (Å²) in [6, 6.07) is 6.07. The molecule has 0 aliphatic heterocycles. The quantitative estimate of drug-likeness (QED) is 0.880. The highest BCUT2D eigenvalue weighted by Crippen LogP contribution is 2.27. The molecule has 0 saturated heterocycles. The fraction of sp³-hybridized carbons (Fsp3) is 0.267. The van der Waals surface area contributed by atoms with Crippen molar-refractivity contribution in [1.29, 1.82) is 0 Å². The van der Waals surface area contributed by atoms with Crippen molar-refractivity contribution in [3.63, 3.8) is 0 Å². The zero-order chi connectivity index (χ0) is 15.4. The molecular weight excluding hydrogens is 288 g/mol. The van der Waals surface area contributed by atoms with Crippen LogP contribution in [0.1, 0.15) is 21.6 Å². The molecule has 2 rings (SSSR count). The summed E-state index contributed by atoms with van der Waals surface area (Å²) in [5.41, 5.74) is 3.50. The molecule has 1 amide bonds. The largest absolute Gasteiger partial charge is 0.451 e. The van der Waals surface area contributed by atoms with Crippen LogP contribution in [0.4, 0.5) is 0 Å². The van der Waals surface area contributed by atoms with Crippen LogP contribution < -0.4 is 5.32 Å². The molecule has 2 aromatic rings. The van der Waals surface area contributed by atoms with Crippen molar-refractivity contribution in [2.24, 2.45) is 0 Å². The summed E-state index contributed by atoms with van der Waals surface area (Å²) in [6.07, 6.45) is 0. The van der Waals surface area contributed by atoms with E-state index in [4.69, 9.17) is 4.74 Å². The molecule has 1 N–H and O–H groups in total. The number of hydrogen-bond donors (Lipinski definition) is 1. The Morgan fingerprint density at radius 1 is 1.33 bits per heavy atom. The normalized spacial score (nSPS) is 10.2. The van der Waals surface area contributed by atoms with Gasteiger partial charge in [0.05, 0.1) is 0 Å². The molecule has 0 fully saturated rings. The monoisotopic (exact) mass is 304 g/mol. The second-order valence-corrected chi connectivity index (χ2v) is 5.46. The lowest BCUT2D eigenvalue weighted by Crippen LogP contribution is -2.25. The molecule has 0 radical (unpaired) electrons. The highest BCUT2D eigenvalue weighted by molar-refractivity contribution is 7.13. The first kappa shape index (κ1) is 15.2. The number of aromatic nitrogens is 1. The highest BCUT2D eigenvalue weighted by Gasteiger charge is 2.15. The lowest BCUT2D eigenvalue weighted by Gasteiger charge is -2.03. The Bertz CT molecular complexity index is 679. The van der Waals surface area contributed by atoms with Crippen LogP contribution in [0.25, 0.3) is 10.6 Å². The maximum atomic E-state index is 11.8. The number of hydrogen-bond acceptors (Lipinski definition) is 5. The third kappa shape index (κ3) is 3.66. The average Bonchev–Trinajstić information content (AvgIpc) is 2.93. The van der Waals surface area contributed by atoms with Gasteiger partial charge in [0.15, 0.2) is 12.3 Å². The molecule has 0 atom stereocenters. The van der Waals surface area contributed by atoms with Crippen LogP contribution >= 0.6 is 11.3 Å². The Kier molecular flexibility index (Phi) is 4.70. The van der Waals surface area contributed by atoms with Crippen molar-refractivity contribution >= 4 is 23.2 Å². The average molecular weight is 304 g/mol. The van der Waals surface area contributed by atoms with Crippen molar-refractivity contribution < 1.29 is 14.3 Å². The fourth-order valence-electron chi connectivity index (χ4n) is 1.82. The third-order valence-electron chi connectivity index (χ3n) is 2.94. The summed E-state index contributed by atoms with van der Waals surface area (Å²) in [5.74, 6) is -0.945. The number of aryl methyl sites for hydroxylation is 2. The summed E-state index contributed by atoms with van der Waals surface area (Å²) in [4.78, 5) is 27.1. The van der Waals surface area contributed by atoms with E-state index in [-0.39, 0.29) is 18.2 Å². The number of nitrogens with zero attached hydrogens (tertiary/aromatic N) is 1.